The van der Waals surface area contributed by atoms with Crippen LogP contribution >= 0.6 is 0 Å². The summed E-state index contributed by atoms with van der Waals surface area (Å²) in [7, 11) is 0. The SMILES string of the molecule is CCN1CCC#CCC1. The van der Waals surface area contributed by atoms with Gasteiger partial charge in [-0.15, -0.1) is 11.8 Å². The summed E-state index contributed by atoms with van der Waals surface area (Å²) >= 11 is 0. The largest absolute Gasteiger partial charge is 0.302 e. The van der Waals surface area contributed by atoms with Gasteiger partial charge in [-0.1, -0.05) is 6.92 Å². The Morgan fingerprint density at radius 1 is 1.22 bits per heavy atom. The summed E-state index contributed by atoms with van der Waals surface area (Å²) in [4.78, 5) is 2.42. The Kier molecular flexibility index (Phi) is 2.60. The molecule has 0 aromatic carbocycles. The van der Waals surface area contributed by atoms with Crippen molar-refractivity contribution in [1.82, 2.24) is 4.90 Å². The first kappa shape index (κ1) is 6.64. The first-order valence-corrected chi connectivity index (χ1v) is 3.61. The van der Waals surface area contributed by atoms with Crippen LogP contribution in [-0.2, 0) is 0 Å². The van der Waals surface area contributed by atoms with Gasteiger partial charge in [0.25, 0.3) is 0 Å². The minimum Gasteiger partial charge on any atom is -0.302 e. The monoisotopic (exact) mass is 123 g/mol. The third kappa shape index (κ3) is 2.07. The number of hydrogen-bond donors (Lipinski definition) is 0. The van der Waals surface area contributed by atoms with E-state index >= 15 is 0 Å². The van der Waals surface area contributed by atoms with Crippen LogP contribution in [0.2, 0.25) is 0 Å². The van der Waals surface area contributed by atoms with E-state index in [-0.39, 0.29) is 0 Å². The fourth-order valence-electron chi connectivity index (χ4n) is 1.03. The molecule has 0 unspecified atom stereocenters. The van der Waals surface area contributed by atoms with Gasteiger partial charge in [-0.25, -0.2) is 0 Å². The van der Waals surface area contributed by atoms with Crippen molar-refractivity contribution in [3.63, 3.8) is 0 Å². The standard InChI is InChI=1S/C8H13N/c1-2-9-7-5-3-4-6-8-9/h2,5-8H2,1H3. The number of rotatable bonds is 1. The smallest absolute Gasteiger partial charge is 0.0217 e. The molecule has 0 aromatic heterocycles. The van der Waals surface area contributed by atoms with Crippen molar-refractivity contribution in [2.24, 2.45) is 0 Å². The maximum Gasteiger partial charge on any atom is 0.0217 e. The molecule has 1 heteroatoms. The fourth-order valence-corrected chi connectivity index (χ4v) is 1.03. The topological polar surface area (TPSA) is 3.24 Å². The molecule has 0 aromatic rings. The molecule has 0 fully saturated rings. The predicted molar refractivity (Wildman–Crippen MR) is 39.1 cm³/mol. The summed E-state index contributed by atoms with van der Waals surface area (Å²) < 4.78 is 0. The summed E-state index contributed by atoms with van der Waals surface area (Å²) in [5, 5.41) is 0. The zero-order chi connectivity index (χ0) is 6.53. The highest BCUT2D eigenvalue weighted by Crippen LogP contribution is 1.95. The molecule has 0 bridgehead atoms. The molecule has 0 saturated carbocycles. The summed E-state index contributed by atoms with van der Waals surface area (Å²) in [6, 6.07) is 0. The van der Waals surface area contributed by atoms with E-state index in [1.54, 1.807) is 0 Å². The lowest BCUT2D eigenvalue weighted by Gasteiger charge is -2.15. The van der Waals surface area contributed by atoms with Gasteiger partial charge in [0.15, 0.2) is 0 Å². The van der Waals surface area contributed by atoms with Crippen molar-refractivity contribution in [3.05, 3.63) is 0 Å². The van der Waals surface area contributed by atoms with E-state index in [0.29, 0.717) is 0 Å². The second-order valence-corrected chi connectivity index (χ2v) is 2.29. The first-order valence-electron chi connectivity index (χ1n) is 3.61. The lowest BCUT2D eigenvalue weighted by atomic mass is 10.4. The molecule has 9 heavy (non-hydrogen) atoms. The molecule has 50 valence electrons. The number of nitrogens with zero attached hydrogens (tertiary/aromatic N) is 1. The van der Waals surface area contributed by atoms with Gasteiger partial charge in [-0.3, -0.25) is 0 Å². The van der Waals surface area contributed by atoms with Gasteiger partial charge in [0.05, 0.1) is 0 Å². The van der Waals surface area contributed by atoms with Crippen LogP contribution < -0.4 is 0 Å². The lowest BCUT2D eigenvalue weighted by Crippen LogP contribution is -2.24. The molecule has 0 atom stereocenters. The predicted octanol–water partition coefficient (Wildman–Crippen LogP) is 1.11. The van der Waals surface area contributed by atoms with Crippen LogP contribution in [0.3, 0.4) is 0 Å². The second kappa shape index (κ2) is 3.53. The maximum absolute atomic E-state index is 3.12. The Bertz CT molecular complexity index is 117. The highest BCUT2D eigenvalue weighted by atomic mass is 15.1. The third-order valence-electron chi connectivity index (χ3n) is 1.68. The Hall–Kier alpha value is -0.480. The van der Waals surface area contributed by atoms with Crippen molar-refractivity contribution >= 4 is 0 Å². The van der Waals surface area contributed by atoms with Crippen LogP contribution in [0.25, 0.3) is 0 Å². The van der Waals surface area contributed by atoms with Crippen molar-refractivity contribution in [1.29, 1.82) is 0 Å². The van der Waals surface area contributed by atoms with Crippen molar-refractivity contribution in [2.45, 2.75) is 19.8 Å². The molecule has 0 spiro atoms. The van der Waals surface area contributed by atoms with E-state index < -0.39 is 0 Å². The van der Waals surface area contributed by atoms with Gasteiger partial charge >= 0.3 is 0 Å². The van der Waals surface area contributed by atoms with Crippen molar-refractivity contribution in [3.8, 4) is 11.8 Å². The quantitative estimate of drug-likeness (QED) is 0.472. The van der Waals surface area contributed by atoms with Crippen LogP contribution in [0.5, 0.6) is 0 Å². The molecule has 1 heterocycles. The Labute approximate surface area is 57.0 Å². The van der Waals surface area contributed by atoms with Crippen LogP contribution in [0.1, 0.15) is 19.8 Å². The minimum atomic E-state index is 1.06. The second-order valence-electron chi connectivity index (χ2n) is 2.29. The van der Waals surface area contributed by atoms with Gasteiger partial charge in [-0.2, -0.15) is 0 Å². The Morgan fingerprint density at radius 2 is 1.78 bits per heavy atom. The van der Waals surface area contributed by atoms with Gasteiger partial charge < -0.3 is 4.90 Å². The molecule has 1 nitrogen and oxygen atoms in total. The van der Waals surface area contributed by atoms with E-state index in [1.807, 2.05) is 0 Å². The molecule has 1 rings (SSSR count). The minimum absolute atomic E-state index is 1.06. The van der Waals surface area contributed by atoms with Crippen LogP contribution in [-0.4, -0.2) is 24.5 Å². The molecule has 0 aliphatic carbocycles. The van der Waals surface area contributed by atoms with E-state index in [2.05, 4.69) is 23.7 Å². The van der Waals surface area contributed by atoms with E-state index in [0.717, 1.165) is 12.8 Å². The number of hydrogen-bond acceptors (Lipinski definition) is 1. The fraction of sp³-hybridized carbons (Fsp3) is 0.750. The van der Waals surface area contributed by atoms with Gasteiger partial charge in [0.1, 0.15) is 0 Å². The summed E-state index contributed by atoms with van der Waals surface area (Å²) in [5.74, 6) is 6.24. The van der Waals surface area contributed by atoms with Gasteiger partial charge in [0, 0.05) is 25.9 Å². The molecule has 1 aliphatic rings. The van der Waals surface area contributed by atoms with E-state index in [9.17, 15) is 0 Å². The highest BCUT2D eigenvalue weighted by Gasteiger charge is 2.00. The Balaban J connectivity index is 2.29. The van der Waals surface area contributed by atoms with Crippen LogP contribution in [0, 0.1) is 11.8 Å². The Morgan fingerprint density at radius 3 is 2.22 bits per heavy atom. The summed E-state index contributed by atoms with van der Waals surface area (Å²) in [5.41, 5.74) is 0. The molecule has 0 saturated heterocycles. The van der Waals surface area contributed by atoms with Crippen molar-refractivity contribution in [2.75, 3.05) is 19.6 Å². The summed E-state index contributed by atoms with van der Waals surface area (Å²) in [6.45, 7) is 5.71. The van der Waals surface area contributed by atoms with E-state index in [4.69, 9.17) is 0 Å². The molecular weight excluding hydrogens is 110 g/mol. The van der Waals surface area contributed by atoms with Crippen molar-refractivity contribution < 1.29 is 0 Å². The normalized spacial score (nSPS) is 20.1. The lowest BCUT2D eigenvalue weighted by molar-refractivity contribution is 0.306. The molecule has 0 amide bonds. The molecular formula is C8H13N. The molecule has 1 aliphatic heterocycles. The zero-order valence-corrected chi connectivity index (χ0v) is 5.98. The summed E-state index contributed by atoms with van der Waals surface area (Å²) in [6.07, 6.45) is 2.13. The molecule has 0 radical (unpaired) electrons. The van der Waals surface area contributed by atoms with E-state index in [1.165, 1.54) is 19.6 Å². The molecule has 0 N–H and O–H groups in total. The van der Waals surface area contributed by atoms with Gasteiger partial charge in [-0.05, 0) is 6.54 Å². The van der Waals surface area contributed by atoms with Crippen LogP contribution in [0.15, 0.2) is 0 Å². The first-order chi connectivity index (χ1) is 4.43. The average Bonchev–Trinajstić information content (AvgIpc) is 2.13. The maximum atomic E-state index is 3.12. The zero-order valence-electron chi connectivity index (χ0n) is 5.98. The average molecular weight is 123 g/mol. The highest BCUT2D eigenvalue weighted by molar-refractivity contribution is 5.01. The van der Waals surface area contributed by atoms with Gasteiger partial charge in [0.2, 0.25) is 0 Å². The third-order valence-corrected chi connectivity index (χ3v) is 1.68. The van der Waals surface area contributed by atoms with Crippen LogP contribution in [0.4, 0.5) is 0 Å².